The number of anilines is 1. The lowest BCUT2D eigenvalue weighted by Crippen LogP contribution is -2.62. The number of amides is 2. The van der Waals surface area contributed by atoms with Gasteiger partial charge in [0.25, 0.3) is 5.90 Å². The summed E-state index contributed by atoms with van der Waals surface area (Å²) in [6.07, 6.45) is -5.07. The zero-order valence-electron chi connectivity index (χ0n) is 13.3. The summed E-state index contributed by atoms with van der Waals surface area (Å²) < 4.78 is 5.20. The van der Waals surface area contributed by atoms with Crippen LogP contribution in [0.25, 0.3) is 0 Å². The summed E-state index contributed by atoms with van der Waals surface area (Å²) in [6, 6.07) is 7.22. The first-order chi connectivity index (χ1) is 11.9. The van der Waals surface area contributed by atoms with E-state index in [2.05, 4.69) is 20.6 Å². The van der Waals surface area contributed by atoms with Gasteiger partial charge in [0.15, 0.2) is 6.10 Å². The molecular formula is C15H19N3O7. The van der Waals surface area contributed by atoms with E-state index in [1.165, 1.54) is 6.92 Å². The van der Waals surface area contributed by atoms with Crippen LogP contribution in [0.2, 0.25) is 0 Å². The van der Waals surface area contributed by atoms with Gasteiger partial charge in [-0.25, -0.2) is 4.79 Å². The average molecular weight is 353 g/mol. The number of nitrogens with one attached hydrogen (secondary N) is 2. The van der Waals surface area contributed by atoms with E-state index in [1.54, 1.807) is 30.3 Å². The Kier molecular flexibility index (Phi) is 6.28. The van der Waals surface area contributed by atoms with Crippen molar-refractivity contribution in [1.82, 2.24) is 5.32 Å². The summed E-state index contributed by atoms with van der Waals surface area (Å²) in [5.74, 6) is -0.876. The van der Waals surface area contributed by atoms with Crippen molar-refractivity contribution in [3.63, 3.8) is 0 Å². The molecule has 2 unspecified atom stereocenters. The van der Waals surface area contributed by atoms with Crippen LogP contribution in [-0.4, -0.2) is 64.2 Å². The van der Waals surface area contributed by atoms with Crippen LogP contribution >= 0.6 is 0 Å². The molecule has 136 valence electrons. The number of aliphatic hydroxyl groups is 3. The average Bonchev–Trinajstić information content (AvgIpc) is 2.59. The van der Waals surface area contributed by atoms with Gasteiger partial charge >= 0.3 is 6.09 Å². The standard InChI is InChI=1S/C15H19N3O7/c1-8(20)16-11-13(22)12(21)10(7-19)24-14(11)18-25-15(23)17-9-5-3-2-4-6-9/h2-6,10-13,19,21-22H,7H2,1H3,(H,16,20)(H,17,23)/t10?,11?,12-,13-/m1/s1. The quantitative estimate of drug-likeness (QED) is 0.350. The van der Waals surface area contributed by atoms with Gasteiger partial charge in [0.1, 0.15) is 18.2 Å². The highest BCUT2D eigenvalue weighted by molar-refractivity contribution is 5.89. The van der Waals surface area contributed by atoms with Crippen LogP contribution in [-0.2, 0) is 14.4 Å². The minimum absolute atomic E-state index is 0.352. The van der Waals surface area contributed by atoms with Crippen molar-refractivity contribution in [2.24, 2.45) is 5.16 Å². The lowest BCUT2D eigenvalue weighted by Gasteiger charge is -2.37. The zero-order chi connectivity index (χ0) is 18.4. The minimum Gasteiger partial charge on any atom is -0.468 e. The Bertz CT molecular complexity index is 637. The predicted molar refractivity (Wildman–Crippen MR) is 85.6 cm³/mol. The smallest absolute Gasteiger partial charge is 0.437 e. The van der Waals surface area contributed by atoms with Crippen LogP contribution in [0.15, 0.2) is 35.5 Å². The molecule has 1 aromatic rings. The van der Waals surface area contributed by atoms with Gasteiger partial charge in [-0.15, -0.1) is 0 Å². The predicted octanol–water partition coefficient (Wildman–Crippen LogP) is -0.834. The molecule has 4 atom stereocenters. The first-order valence-corrected chi connectivity index (χ1v) is 7.44. The van der Waals surface area contributed by atoms with E-state index >= 15 is 0 Å². The Morgan fingerprint density at radius 1 is 1.24 bits per heavy atom. The fourth-order valence-corrected chi connectivity index (χ4v) is 2.20. The topological polar surface area (TPSA) is 150 Å². The SMILES string of the molecule is CC(=O)NC1C(=NOC(=O)Nc2ccccc2)OC(CO)[C@@H](O)[C@@H]1O. The Morgan fingerprint density at radius 2 is 1.92 bits per heavy atom. The third-order valence-corrected chi connectivity index (χ3v) is 3.39. The van der Waals surface area contributed by atoms with E-state index in [0.29, 0.717) is 5.69 Å². The van der Waals surface area contributed by atoms with E-state index in [4.69, 9.17) is 4.74 Å². The van der Waals surface area contributed by atoms with E-state index in [1.807, 2.05) is 0 Å². The Balaban J connectivity index is 2.09. The molecule has 0 radical (unpaired) electrons. The molecule has 0 bridgehead atoms. The highest BCUT2D eigenvalue weighted by atomic mass is 16.7. The van der Waals surface area contributed by atoms with Crippen LogP contribution in [0.5, 0.6) is 0 Å². The van der Waals surface area contributed by atoms with E-state index in [-0.39, 0.29) is 5.90 Å². The molecular weight excluding hydrogens is 334 g/mol. The summed E-state index contributed by atoms with van der Waals surface area (Å²) in [5, 5.41) is 37.3. The number of carbonyl (C=O) groups excluding carboxylic acids is 2. The van der Waals surface area contributed by atoms with Gasteiger partial charge in [0.05, 0.1) is 6.61 Å². The van der Waals surface area contributed by atoms with Crippen molar-refractivity contribution in [2.45, 2.75) is 31.3 Å². The Labute approximate surface area is 143 Å². The lowest BCUT2D eigenvalue weighted by molar-refractivity contribution is -0.126. The van der Waals surface area contributed by atoms with Gasteiger partial charge in [0.2, 0.25) is 5.91 Å². The maximum atomic E-state index is 11.7. The second kappa shape index (κ2) is 8.42. The van der Waals surface area contributed by atoms with Gasteiger partial charge in [-0.3, -0.25) is 14.9 Å². The molecule has 0 aliphatic carbocycles. The number of hydrogen-bond acceptors (Lipinski definition) is 8. The van der Waals surface area contributed by atoms with Crippen molar-refractivity contribution >= 4 is 23.6 Å². The molecule has 1 fully saturated rings. The Morgan fingerprint density at radius 3 is 2.52 bits per heavy atom. The largest absolute Gasteiger partial charge is 0.468 e. The number of aliphatic hydroxyl groups excluding tert-OH is 3. The van der Waals surface area contributed by atoms with Crippen LogP contribution in [0.1, 0.15) is 6.92 Å². The maximum Gasteiger partial charge on any atom is 0.437 e. The van der Waals surface area contributed by atoms with Crippen molar-refractivity contribution < 1.29 is 34.5 Å². The van der Waals surface area contributed by atoms with E-state index < -0.39 is 43.0 Å². The number of nitrogens with zero attached hydrogens (tertiary/aromatic N) is 1. The molecule has 1 aliphatic heterocycles. The molecule has 0 saturated carbocycles. The van der Waals surface area contributed by atoms with Gasteiger partial charge in [-0.05, 0) is 17.3 Å². The number of oxime groups is 1. The number of ether oxygens (including phenoxy) is 1. The maximum absolute atomic E-state index is 11.7. The molecule has 25 heavy (non-hydrogen) atoms. The number of hydrogen-bond donors (Lipinski definition) is 5. The van der Waals surface area contributed by atoms with Gasteiger partial charge in [-0.1, -0.05) is 18.2 Å². The molecule has 1 aromatic carbocycles. The summed E-state index contributed by atoms with van der Waals surface area (Å²) in [6.45, 7) is 0.581. The van der Waals surface area contributed by atoms with Crippen molar-refractivity contribution in [1.29, 1.82) is 0 Å². The molecule has 1 saturated heterocycles. The zero-order valence-corrected chi connectivity index (χ0v) is 13.3. The highest BCUT2D eigenvalue weighted by Gasteiger charge is 2.44. The summed E-state index contributed by atoms with van der Waals surface area (Å²) in [5.41, 5.74) is 0.472. The summed E-state index contributed by atoms with van der Waals surface area (Å²) in [7, 11) is 0. The molecule has 0 spiro atoms. The second-order valence-corrected chi connectivity index (χ2v) is 5.30. The molecule has 1 aliphatic rings. The number of benzene rings is 1. The van der Waals surface area contributed by atoms with Crippen molar-refractivity contribution in [3.05, 3.63) is 30.3 Å². The molecule has 10 nitrogen and oxygen atoms in total. The minimum atomic E-state index is -1.51. The monoisotopic (exact) mass is 353 g/mol. The third-order valence-electron chi connectivity index (χ3n) is 3.39. The number of para-hydroxylation sites is 1. The van der Waals surface area contributed by atoms with Gasteiger partial charge < -0.3 is 25.4 Å². The summed E-state index contributed by atoms with van der Waals surface area (Å²) >= 11 is 0. The number of rotatable bonds is 4. The van der Waals surface area contributed by atoms with Crippen LogP contribution in [0, 0.1) is 0 Å². The van der Waals surface area contributed by atoms with Gasteiger partial charge in [0, 0.05) is 12.6 Å². The molecule has 1 heterocycles. The van der Waals surface area contributed by atoms with Crippen LogP contribution < -0.4 is 10.6 Å². The van der Waals surface area contributed by atoms with E-state index in [9.17, 15) is 24.9 Å². The molecule has 5 N–H and O–H groups in total. The van der Waals surface area contributed by atoms with Crippen molar-refractivity contribution in [3.8, 4) is 0 Å². The third kappa shape index (κ3) is 4.89. The fraction of sp³-hybridized carbons (Fsp3) is 0.400. The Hall–Kier alpha value is -2.69. The molecule has 10 heteroatoms. The van der Waals surface area contributed by atoms with Crippen molar-refractivity contribution in [2.75, 3.05) is 11.9 Å². The second-order valence-electron chi connectivity index (χ2n) is 5.30. The first-order valence-electron chi connectivity index (χ1n) is 7.44. The van der Waals surface area contributed by atoms with E-state index in [0.717, 1.165) is 0 Å². The summed E-state index contributed by atoms with van der Waals surface area (Å²) in [4.78, 5) is 27.7. The molecule has 0 aromatic heterocycles. The fourth-order valence-electron chi connectivity index (χ4n) is 2.20. The molecule has 2 amide bonds. The highest BCUT2D eigenvalue weighted by Crippen LogP contribution is 2.18. The number of carbonyl (C=O) groups is 2. The van der Waals surface area contributed by atoms with Crippen LogP contribution in [0.3, 0.4) is 0 Å². The lowest BCUT2D eigenvalue weighted by atomic mass is 9.97. The van der Waals surface area contributed by atoms with Crippen LogP contribution in [0.4, 0.5) is 10.5 Å². The first kappa shape index (κ1) is 18.6. The normalized spacial score (nSPS) is 27.3. The van der Waals surface area contributed by atoms with Gasteiger partial charge in [-0.2, -0.15) is 0 Å². The molecule has 2 rings (SSSR count).